The molecular formula is C29H26ClN3O6S. The zero-order chi connectivity index (χ0) is 28.7. The van der Waals surface area contributed by atoms with Crippen LogP contribution in [-0.4, -0.2) is 45.8 Å². The molecule has 0 fully saturated rings. The van der Waals surface area contributed by atoms with E-state index in [-0.39, 0.29) is 35.7 Å². The predicted molar refractivity (Wildman–Crippen MR) is 149 cm³/mol. The minimum atomic E-state index is -3.92. The van der Waals surface area contributed by atoms with E-state index in [0.717, 1.165) is 0 Å². The number of aliphatic carboxylic acids is 1. The fraction of sp³-hybridized carbons (Fsp3) is 0.138. The maximum absolute atomic E-state index is 13.5. The Kier molecular flexibility index (Phi) is 9.15. The van der Waals surface area contributed by atoms with Gasteiger partial charge in [0.1, 0.15) is 11.8 Å². The van der Waals surface area contributed by atoms with Crippen LogP contribution < -0.4 is 5.32 Å². The van der Waals surface area contributed by atoms with Crippen molar-refractivity contribution in [3.8, 4) is 5.75 Å². The number of nitrogens with zero attached hydrogens (tertiary/aromatic N) is 2. The highest BCUT2D eigenvalue weighted by Crippen LogP contribution is 2.23. The number of amides is 1. The van der Waals surface area contributed by atoms with Crippen LogP contribution in [0.25, 0.3) is 0 Å². The highest BCUT2D eigenvalue weighted by molar-refractivity contribution is 7.89. The van der Waals surface area contributed by atoms with Gasteiger partial charge < -0.3 is 15.5 Å². The zero-order valence-electron chi connectivity index (χ0n) is 21.1. The van der Waals surface area contributed by atoms with Gasteiger partial charge in [0.2, 0.25) is 10.0 Å². The lowest BCUT2D eigenvalue weighted by atomic mass is 10.0. The average Bonchev–Trinajstić information content (AvgIpc) is 2.94. The third-order valence-electron chi connectivity index (χ3n) is 6.07. The summed E-state index contributed by atoms with van der Waals surface area (Å²) in [6, 6.07) is 22.3. The molecule has 4 aromatic rings. The molecular weight excluding hydrogens is 554 g/mol. The van der Waals surface area contributed by atoms with Gasteiger partial charge in [-0.05, 0) is 71.8 Å². The van der Waals surface area contributed by atoms with Gasteiger partial charge in [0.25, 0.3) is 5.91 Å². The highest BCUT2D eigenvalue weighted by atomic mass is 35.5. The summed E-state index contributed by atoms with van der Waals surface area (Å²) in [5, 5.41) is 21.9. The summed E-state index contributed by atoms with van der Waals surface area (Å²) in [6.07, 6.45) is 1.62. The third-order valence-corrected chi connectivity index (χ3v) is 8.13. The first-order chi connectivity index (χ1) is 19.1. The van der Waals surface area contributed by atoms with Crippen LogP contribution in [0.15, 0.2) is 102 Å². The Labute approximate surface area is 236 Å². The van der Waals surface area contributed by atoms with Gasteiger partial charge in [-0.3, -0.25) is 9.78 Å². The number of aromatic hydroxyl groups is 1. The molecule has 0 aliphatic rings. The summed E-state index contributed by atoms with van der Waals surface area (Å²) in [6.45, 7) is 0.0215. The number of carboxylic acids is 1. The van der Waals surface area contributed by atoms with Gasteiger partial charge in [0.05, 0.1) is 17.1 Å². The van der Waals surface area contributed by atoms with Crippen molar-refractivity contribution in [2.45, 2.75) is 30.4 Å². The van der Waals surface area contributed by atoms with Gasteiger partial charge in [-0.1, -0.05) is 41.9 Å². The van der Waals surface area contributed by atoms with E-state index >= 15 is 0 Å². The molecule has 0 spiro atoms. The Morgan fingerprint density at radius 2 is 1.52 bits per heavy atom. The fourth-order valence-corrected chi connectivity index (χ4v) is 5.45. The molecule has 9 nitrogen and oxygen atoms in total. The normalized spacial score (nSPS) is 12.2. The van der Waals surface area contributed by atoms with E-state index in [4.69, 9.17) is 11.6 Å². The Balaban J connectivity index is 1.50. The molecule has 0 saturated carbocycles. The van der Waals surface area contributed by atoms with Gasteiger partial charge in [-0.15, -0.1) is 0 Å². The van der Waals surface area contributed by atoms with Crippen molar-refractivity contribution in [3.05, 3.63) is 125 Å². The summed E-state index contributed by atoms with van der Waals surface area (Å²) in [5.41, 5.74) is 2.03. The maximum atomic E-state index is 13.5. The highest BCUT2D eigenvalue weighted by Gasteiger charge is 2.26. The molecule has 3 aromatic carbocycles. The van der Waals surface area contributed by atoms with E-state index in [1.807, 2.05) is 0 Å². The lowest BCUT2D eigenvalue weighted by Crippen LogP contribution is -2.42. The molecule has 1 aromatic heterocycles. The van der Waals surface area contributed by atoms with Crippen molar-refractivity contribution >= 4 is 33.5 Å². The molecule has 4 rings (SSSR count). The van der Waals surface area contributed by atoms with Crippen LogP contribution in [0, 0.1) is 0 Å². The minimum absolute atomic E-state index is 0.00202. The SMILES string of the molecule is O=C(N[C@@H](Cc1ccc(O)cc1)C(=O)O)c1ccc(CN(Cc2ccccn2)S(=O)(=O)c2ccc(Cl)cc2)cc1. The van der Waals surface area contributed by atoms with Crippen LogP contribution in [0.5, 0.6) is 5.75 Å². The number of pyridine rings is 1. The maximum Gasteiger partial charge on any atom is 0.326 e. The molecule has 0 aliphatic carbocycles. The number of benzene rings is 3. The number of carbonyl (C=O) groups is 2. The van der Waals surface area contributed by atoms with Crippen molar-refractivity contribution in [2.24, 2.45) is 0 Å². The average molecular weight is 580 g/mol. The van der Waals surface area contributed by atoms with Gasteiger partial charge in [-0.25, -0.2) is 13.2 Å². The summed E-state index contributed by atoms with van der Waals surface area (Å²) in [5.74, 6) is -1.73. The largest absolute Gasteiger partial charge is 0.508 e. The second-order valence-electron chi connectivity index (χ2n) is 8.98. The number of hydrogen-bond acceptors (Lipinski definition) is 6. The van der Waals surface area contributed by atoms with Gasteiger partial charge >= 0.3 is 5.97 Å². The first-order valence-electron chi connectivity index (χ1n) is 12.2. The van der Waals surface area contributed by atoms with Crippen molar-refractivity contribution in [2.75, 3.05) is 0 Å². The summed E-state index contributed by atoms with van der Waals surface area (Å²) in [4.78, 5) is 28.9. The lowest BCUT2D eigenvalue weighted by molar-refractivity contribution is -0.139. The molecule has 40 heavy (non-hydrogen) atoms. The van der Waals surface area contributed by atoms with Crippen molar-refractivity contribution in [1.29, 1.82) is 0 Å². The van der Waals surface area contributed by atoms with Gasteiger partial charge in [0, 0.05) is 29.7 Å². The summed E-state index contributed by atoms with van der Waals surface area (Å²) in [7, 11) is -3.92. The van der Waals surface area contributed by atoms with Crippen LogP contribution in [0.3, 0.4) is 0 Å². The van der Waals surface area contributed by atoms with Crippen molar-refractivity contribution < 1.29 is 28.2 Å². The molecule has 3 N–H and O–H groups in total. The van der Waals surface area contributed by atoms with Crippen LogP contribution in [0.2, 0.25) is 5.02 Å². The first kappa shape index (κ1) is 28.8. The topological polar surface area (TPSA) is 137 Å². The Hall–Kier alpha value is -4.25. The number of nitrogens with one attached hydrogen (secondary N) is 1. The van der Waals surface area contributed by atoms with Crippen molar-refractivity contribution in [1.82, 2.24) is 14.6 Å². The molecule has 0 saturated heterocycles. The van der Waals surface area contributed by atoms with Crippen LogP contribution >= 0.6 is 11.6 Å². The summed E-state index contributed by atoms with van der Waals surface area (Å²) >= 11 is 5.94. The van der Waals surface area contributed by atoms with E-state index in [1.165, 1.54) is 52.8 Å². The Morgan fingerprint density at radius 1 is 0.875 bits per heavy atom. The number of phenols is 1. The molecule has 0 unspecified atom stereocenters. The molecule has 0 bridgehead atoms. The van der Waals surface area contributed by atoms with Gasteiger partial charge in [0.15, 0.2) is 0 Å². The number of hydrogen-bond donors (Lipinski definition) is 3. The molecule has 1 heterocycles. The number of phenolic OH excluding ortho intramolecular Hbond substituents is 1. The van der Waals surface area contributed by atoms with Crippen LogP contribution in [-0.2, 0) is 34.3 Å². The van der Waals surface area contributed by atoms with E-state index in [0.29, 0.717) is 21.8 Å². The second kappa shape index (κ2) is 12.7. The van der Waals surface area contributed by atoms with E-state index in [2.05, 4.69) is 10.3 Å². The molecule has 1 amide bonds. The molecule has 206 valence electrons. The fourth-order valence-electron chi connectivity index (χ4n) is 3.93. The molecule has 1 atom stereocenters. The minimum Gasteiger partial charge on any atom is -0.508 e. The first-order valence-corrected chi connectivity index (χ1v) is 14.0. The van der Waals surface area contributed by atoms with Crippen LogP contribution in [0.4, 0.5) is 0 Å². The number of sulfonamides is 1. The van der Waals surface area contributed by atoms with Crippen molar-refractivity contribution in [3.63, 3.8) is 0 Å². The zero-order valence-corrected chi connectivity index (χ0v) is 22.7. The standard InChI is InChI=1S/C29H26ClN3O6S/c30-23-10-14-26(15-11-23)40(38,39)33(19-24-3-1-2-16-31-24)18-21-4-8-22(9-5-21)28(35)32-27(29(36)37)17-20-6-12-25(34)13-7-20/h1-16,27,34H,17-19H2,(H,32,35)(H,36,37)/t27-/m0/s1. The van der Waals surface area contributed by atoms with Gasteiger partial charge in [-0.2, -0.15) is 4.31 Å². The lowest BCUT2D eigenvalue weighted by Gasteiger charge is -2.22. The number of halogens is 1. The number of carbonyl (C=O) groups excluding carboxylic acids is 1. The molecule has 0 radical (unpaired) electrons. The Bertz CT molecular complexity index is 1560. The second-order valence-corrected chi connectivity index (χ2v) is 11.4. The quantitative estimate of drug-likeness (QED) is 0.241. The monoisotopic (exact) mass is 579 g/mol. The smallest absolute Gasteiger partial charge is 0.326 e. The van der Waals surface area contributed by atoms with E-state index in [9.17, 15) is 28.2 Å². The Morgan fingerprint density at radius 3 is 2.12 bits per heavy atom. The van der Waals surface area contributed by atoms with E-state index in [1.54, 1.807) is 48.7 Å². The third kappa shape index (κ3) is 7.44. The predicted octanol–water partition coefficient (Wildman–Crippen LogP) is 4.26. The van der Waals surface area contributed by atoms with E-state index < -0.39 is 27.9 Å². The molecule has 11 heteroatoms. The molecule has 0 aliphatic heterocycles. The van der Waals surface area contributed by atoms with Crippen LogP contribution in [0.1, 0.15) is 27.2 Å². The number of aromatic nitrogens is 1. The number of carboxylic acid groups (broad SMARTS) is 1. The number of rotatable bonds is 11. The summed E-state index contributed by atoms with van der Waals surface area (Å²) < 4.78 is 28.3.